The normalized spacial score (nSPS) is 17.2. The van der Waals surface area contributed by atoms with Crippen LogP contribution >= 0.6 is 11.3 Å². The zero-order valence-electron chi connectivity index (χ0n) is 11.6. The van der Waals surface area contributed by atoms with E-state index >= 15 is 0 Å². The Labute approximate surface area is 123 Å². The molecule has 0 spiro atoms. The van der Waals surface area contributed by atoms with Gasteiger partial charge in [-0.05, 0) is 43.2 Å². The summed E-state index contributed by atoms with van der Waals surface area (Å²) < 4.78 is 5.23. The Morgan fingerprint density at radius 3 is 2.80 bits per heavy atom. The van der Waals surface area contributed by atoms with Crippen molar-refractivity contribution in [2.45, 2.75) is 38.6 Å². The predicted molar refractivity (Wildman–Crippen MR) is 79.9 cm³/mol. The maximum atomic E-state index is 12.4. The van der Waals surface area contributed by atoms with E-state index in [1.807, 2.05) is 6.92 Å². The van der Waals surface area contributed by atoms with E-state index in [0.717, 1.165) is 0 Å². The lowest BCUT2D eigenvalue weighted by Crippen LogP contribution is -2.32. The second-order valence-electron chi connectivity index (χ2n) is 5.40. The average molecular weight is 289 g/mol. The number of thiophene rings is 1. The molecule has 1 saturated carbocycles. The van der Waals surface area contributed by atoms with Crippen molar-refractivity contribution in [2.24, 2.45) is 5.92 Å². The number of hydrogen-bond acceptors (Lipinski definition) is 3. The Bertz CT molecular complexity index is 567. The Kier molecular flexibility index (Phi) is 3.92. The first-order valence-electron chi connectivity index (χ1n) is 7.14. The van der Waals surface area contributed by atoms with Crippen molar-refractivity contribution in [1.82, 2.24) is 5.32 Å². The third-order valence-corrected chi connectivity index (χ3v) is 5.07. The third-order valence-electron chi connectivity index (χ3n) is 4.11. The van der Waals surface area contributed by atoms with Crippen molar-refractivity contribution in [3.63, 3.8) is 0 Å². The molecule has 1 aliphatic rings. The molecule has 0 bridgehead atoms. The van der Waals surface area contributed by atoms with Crippen LogP contribution in [0.1, 0.15) is 52.7 Å². The molecular weight excluding hydrogens is 270 g/mol. The van der Waals surface area contributed by atoms with Crippen LogP contribution in [-0.4, -0.2) is 5.91 Å². The van der Waals surface area contributed by atoms with Gasteiger partial charge in [-0.2, -0.15) is 0 Å². The van der Waals surface area contributed by atoms with Crippen molar-refractivity contribution < 1.29 is 9.21 Å². The van der Waals surface area contributed by atoms with Crippen LogP contribution in [0, 0.1) is 12.8 Å². The van der Waals surface area contributed by atoms with E-state index in [0.29, 0.717) is 17.2 Å². The molecule has 106 valence electrons. The SMILES string of the molecule is Cc1occc1C(=O)N[C@@H](c1cccs1)C1CCCC1. The van der Waals surface area contributed by atoms with Crippen molar-refractivity contribution in [1.29, 1.82) is 0 Å². The summed E-state index contributed by atoms with van der Waals surface area (Å²) in [5, 5.41) is 5.29. The molecular formula is C16H19NO2S. The van der Waals surface area contributed by atoms with Gasteiger partial charge in [-0.1, -0.05) is 18.9 Å². The fraction of sp³-hybridized carbons (Fsp3) is 0.438. The van der Waals surface area contributed by atoms with Gasteiger partial charge in [0.1, 0.15) is 5.76 Å². The summed E-state index contributed by atoms with van der Waals surface area (Å²) in [7, 11) is 0. The highest BCUT2D eigenvalue weighted by Gasteiger charge is 2.29. The number of hydrogen-bond donors (Lipinski definition) is 1. The fourth-order valence-electron chi connectivity index (χ4n) is 3.02. The molecule has 2 aromatic heterocycles. The highest BCUT2D eigenvalue weighted by Crippen LogP contribution is 2.37. The lowest BCUT2D eigenvalue weighted by atomic mass is 9.96. The second kappa shape index (κ2) is 5.83. The van der Waals surface area contributed by atoms with E-state index in [1.54, 1.807) is 23.7 Å². The van der Waals surface area contributed by atoms with Gasteiger partial charge in [0.25, 0.3) is 5.91 Å². The summed E-state index contributed by atoms with van der Waals surface area (Å²) >= 11 is 1.72. The molecule has 4 heteroatoms. The van der Waals surface area contributed by atoms with Gasteiger partial charge < -0.3 is 9.73 Å². The Morgan fingerprint density at radius 1 is 1.40 bits per heavy atom. The van der Waals surface area contributed by atoms with Crippen LogP contribution in [0.4, 0.5) is 0 Å². The van der Waals surface area contributed by atoms with Gasteiger partial charge in [0.05, 0.1) is 17.9 Å². The first-order valence-corrected chi connectivity index (χ1v) is 8.02. The van der Waals surface area contributed by atoms with Gasteiger partial charge >= 0.3 is 0 Å². The van der Waals surface area contributed by atoms with Crippen LogP contribution in [0.3, 0.4) is 0 Å². The van der Waals surface area contributed by atoms with Gasteiger partial charge in [0.2, 0.25) is 0 Å². The smallest absolute Gasteiger partial charge is 0.255 e. The number of nitrogens with one attached hydrogen (secondary N) is 1. The lowest BCUT2D eigenvalue weighted by molar-refractivity contribution is 0.0921. The van der Waals surface area contributed by atoms with Crippen LogP contribution in [0.5, 0.6) is 0 Å². The van der Waals surface area contributed by atoms with Crippen molar-refractivity contribution in [3.05, 3.63) is 46.0 Å². The molecule has 1 aliphatic carbocycles. The van der Waals surface area contributed by atoms with Gasteiger partial charge in [0, 0.05) is 4.88 Å². The Hall–Kier alpha value is -1.55. The highest BCUT2D eigenvalue weighted by atomic mass is 32.1. The molecule has 20 heavy (non-hydrogen) atoms. The zero-order chi connectivity index (χ0) is 13.9. The molecule has 1 amide bonds. The number of furan rings is 1. The molecule has 2 aromatic rings. The third kappa shape index (κ3) is 2.66. The van der Waals surface area contributed by atoms with Gasteiger partial charge in [-0.15, -0.1) is 11.3 Å². The summed E-state index contributed by atoms with van der Waals surface area (Å²) in [5.41, 5.74) is 0.643. The van der Waals surface area contributed by atoms with Gasteiger partial charge in [-0.3, -0.25) is 4.79 Å². The largest absolute Gasteiger partial charge is 0.469 e. The minimum Gasteiger partial charge on any atom is -0.469 e. The number of carbonyl (C=O) groups is 1. The number of carbonyl (C=O) groups excluding carboxylic acids is 1. The van der Waals surface area contributed by atoms with Crippen LogP contribution in [0.25, 0.3) is 0 Å². The molecule has 0 radical (unpaired) electrons. The van der Waals surface area contributed by atoms with Crippen LogP contribution in [0.15, 0.2) is 34.3 Å². The monoisotopic (exact) mass is 289 g/mol. The Morgan fingerprint density at radius 2 is 2.20 bits per heavy atom. The maximum Gasteiger partial charge on any atom is 0.255 e. The van der Waals surface area contributed by atoms with Crippen molar-refractivity contribution in [3.8, 4) is 0 Å². The highest BCUT2D eigenvalue weighted by molar-refractivity contribution is 7.10. The number of aryl methyl sites for hydroxylation is 1. The molecule has 0 aliphatic heterocycles. The van der Waals surface area contributed by atoms with Crippen molar-refractivity contribution >= 4 is 17.2 Å². The molecule has 0 saturated heterocycles. The van der Waals surface area contributed by atoms with Gasteiger partial charge in [-0.25, -0.2) is 0 Å². The fourth-order valence-corrected chi connectivity index (χ4v) is 3.89. The summed E-state index contributed by atoms with van der Waals surface area (Å²) in [6.07, 6.45) is 6.51. The molecule has 0 aromatic carbocycles. The first kappa shape index (κ1) is 13.4. The molecule has 1 fully saturated rings. The van der Waals surface area contributed by atoms with E-state index < -0.39 is 0 Å². The minimum atomic E-state index is -0.0263. The quantitative estimate of drug-likeness (QED) is 0.911. The molecule has 1 N–H and O–H groups in total. The van der Waals surface area contributed by atoms with Crippen molar-refractivity contribution in [2.75, 3.05) is 0 Å². The first-order chi connectivity index (χ1) is 9.75. The minimum absolute atomic E-state index is 0.0263. The van der Waals surface area contributed by atoms with E-state index in [4.69, 9.17) is 4.42 Å². The van der Waals surface area contributed by atoms with Crippen LogP contribution in [0.2, 0.25) is 0 Å². The van der Waals surface area contributed by atoms with Crippen LogP contribution in [-0.2, 0) is 0 Å². The molecule has 3 rings (SSSR count). The molecule has 1 atom stereocenters. The predicted octanol–water partition coefficient (Wildman–Crippen LogP) is 4.31. The average Bonchev–Trinajstić information content (AvgIpc) is 3.18. The number of amides is 1. The summed E-state index contributed by atoms with van der Waals surface area (Å²) in [6, 6.07) is 6.05. The number of rotatable bonds is 4. The molecule has 3 nitrogen and oxygen atoms in total. The molecule has 2 heterocycles. The van der Waals surface area contributed by atoms with E-state index in [-0.39, 0.29) is 11.9 Å². The van der Waals surface area contributed by atoms with E-state index in [1.165, 1.54) is 30.6 Å². The van der Waals surface area contributed by atoms with Gasteiger partial charge in [0.15, 0.2) is 0 Å². The summed E-state index contributed by atoms with van der Waals surface area (Å²) in [5.74, 6) is 1.21. The van der Waals surface area contributed by atoms with Crippen LogP contribution < -0.4 is 5.32 Å². The van der Waals surface area contributed by atoms with E-state index in [2.05, 4.69) is 22.8 Å². The second-order valence-corrected chi connectivity index (χ2v) is 6.38. The standard InChI is InChI=1S/C16H19NO2S/c1-11-13(8-9-19-11)16(18)17-15(12-5-2-3-6-12)14-7-4-10-20-14/h4,7-10,12,15H,2-3,5-6H2,1H3,(H,17,18)/t15-/m1/s1. The molecule has 0 unspecified atom stereocenters. The van der Waals surface area contributed by atoms with E-state index in [9.17, 15) is 4.79 Å². The maximum absolute atomic E-state index is 12.4. The topological polar surface area (TPSA) is 42.2 Å². The summed E-state index contributed by atoms with van der Waals surface area (Å²) in [4.78, 5) is 13.7. The lowest BCUT2D eigenvalue weighted by Gasteiger charge is -2.23. The Balaban J connectivity index is 1.80. The summed E-state index contributed by atoms with van der Waals surface area (Å²) in [6.45, 7) is 1.82. The zero-order valence-corrected chi connectivity index (χ0v) is 12.4.